The largest absolute Gasteiger partial charge is 0.508 e. The van der Waals surface area contributed by atoms with Crippen molar-refractivity contribution in [1.82, 2.24) is 4.90 Å². The van der Waals surface area contributed by atoms with Gasteiger partial charge in [0.05, 0.1) is 0 Å². The monoisotopic (exact) mass is 425 g/mol. The maximum absolute atomic E-state index is 12.6. The predicted octanol–water partition coefficient (Wildman–Crippen LogP) is 2.58. The summed E-state index contributed by atoms with van der Waals surface area (Å²) in [5.74, 6) is -1.20. The van der Waals surface area contributed by atoms with Crippen molar-refractivity contribution in [3.8, 4) is 5.75 Å². The van der Waals surface area contributed by atoms with Crippen LogP contribution in [0.15, 0.2) is 24.3 Å². The van der Waals surface area contributed by atoms with Crippen LogP contribution in [0.3, 0.4) is 0 Å². The van der Waals surface area contributed by atoms with E-state index in [4.69, 9.17) is 18.1 Å². The van der Waals surface area contributed by atoms with Crippen molar-refractivity contribution < 1.29 is 42.2 Å². The van der Waals surface area contributed by atoms with Crippen LogP contribution >= 0.6 is 15.2 Å². The highest BCUT2D eigenvalue weighted by Gasteiger charge is 2.38. The molecule has 1 atom stereocenters. The smallest absolute Gasteiger partial charge is 0.344 e. The van der Waals surface area contributed by atoms with E-state index in [2.05, 4.69) is 0 Å². The van der Waals surface area contributed by atoms with Crippen LogP contribution in [-0.2, 0) is 38.4 Å². The first-order valence-electron chi connectivity index (χ1n) is 7.77. The molecule has 1 aromatic carbocycles. The average Bonchev–Trinajstić information content (AvgIpc) is 2.66. The number of benzene rings is 1. The van der Waals surface area contributed by atoms with Crippen LogP contribution in [0.2, 0.25) is 0 Å². The van der Waals surface area contributed by atoms with Gasteiger partial charge in [-0.3, -0.25) is 18.8 Å². The summed E-state index contributed by atoms with van der Waals surface area (Å²) in [5, 5.41) is 19.1. The molecule has 0 aliphatic heterocycles. The number of carbonyl (C=O) groups is 1. The molecule has 0 amide bonds. The van der Waals surface area contributed by atoms with Crippen molar-refractivity contribution in [3.05, 3.63) is 29.8 Å². The molecule has 0 saturated carbocycles. The summed E-state index contributed by atoms with van der Waals surface area (Å²) in [5.41, 5.74) is 0.597. The van der Waals surface area contributed by atoms with E-state index in [1.165, 1.54) is 45.5 Å². The number of carboxylic acids is 1. The van der Waals surface area contributed by atoms with Crippen molar-refractivity contribution in [1.29, 1.82) is 0 Å². The Morgan fingerprint density at radius 2 is 1.37 bits per heavy atom. The molecule has 12 heteroatoms. The average molecular weight is 425 g/mol. The SMILES string of the molecule is COP(=O)(CN(CP(=O)(OC)OC)[C@@H](Cc1ccc(O)cc1)C(=O)O)OC. The van der Waals surface area contributed by atoms with Gasteiger partial charge in [-0.1, -0.05) is 12.1 Å². The van der Waals surface area contributed by atoms with Crippen molar-refractivity contribution >= 4 is 21.2 Å². The third-order valence-corrected chi connectivity index (χ3v) is 7.56. The Bertz CT molecular complexity index is 666. The van der Waals surface area contributed by atoms with Gasteiger partial charge >= 0.3 is 21.2 Å². The molecule has 2 N–H and O–H groups in total. The molecule has 0 radical (unpaired) electrons. The van der Waals surface area contributed by atoms with Gasteiger partial charge in [0.25, 0.3) is 0 Å². The molecule has 0 unspecified atom stereocenters. The summed E-state index contributed by atoms with van der Waals surface area (Å²) in [6.07, 6.45) is -0.895. The number of hydrogen-bond donors (Lipinski definition) is 2. The maximum Gasteiger partial charge on any atom is 0.344 e. The zero-order chi connectivity index (χ0) is 20.7. The first kappa shape index (κ1) is 23.8. The van der Waals surface area contributed by atoms with Gasteiger partial charge in [-0.15, -0.1) is 0 Å². The van der Waals surface area contributed by atoms with Crippen LogP contribution in [-0.4, -0.2) is 68.1 Å². The van der Waals surface area contributed by atoms with Gasteiger partial charge in [-0.25, -0.2) is 0 Å². The van der Waals surface area contributed by atoms with Crippen molar-refractivity contribution in [2.24, 2.45) is 0 Å². The summed E-state index contributed by atoms with van der Waals surface area (Å²) < 4.78 is 44.7. The van der Waals surface area contributed by atoms with Crippen LogP contribution in [0, 0.1) is 0 Å². The lowest BCUT2D eigenvalue weighted by atomic mass is 10.1. The van der Waals surface area contributed by atoms with Crippen molar-refractivity contribution in [2.75, 3.05) is 41.0 Å². The molecule has 10 nitrogen and oxygen atoms in total. The van der Waals surface area contributed by atoms with E-state index in [1.54, 1.807) is 12.1 Å². The summed E-state index contributed by atoms with van der Waals surface area (Å²) in [7, 11) is -2.64. The van der Waals surface area contributed by atoms with Gasteiger partial charge in [0.15, 0.2) is 0 Å². The van der Waals surface area contributed by atoms with Gasteiger partial charge in [0, 0.05) is 28.4 Å². The first-order valence-corrected chi connectivity index (χ1v) is 11.2. The van der Waals surface area contributed by atoms with Gasteiger partial charge < -0.3 is 28.3 Å². The molecular weight excluding hydrogens is 400 g/mol. The molecule has 0 saturated heterocycles. The Morgan fingerprint density at radius 1 is 0.963 bits per heavy atom. The van der Waals surface area contributed by atoms with Gasteiger partial charge in [-0.05, 0) is 24.1 Å². The van der Waals surface area contributed by atoms with Crippen LogP contribution in [0.4, 0.5) is 0 Å². The number of phenols is 1. The van der Waals surface area contributed by atoms with E-state index < -0.39 is 39.8 Å². The second kappa shape index (κ2) is 10.3. The number of phenolic OH excluding ortho intramolecular Hbond substituents is 1. The Morgan fingerprint density at radius 3 is 1.70 bits per heavy atom. The zero-order valence-corrected chi connectivity index (χ0v) is 17.4. The number of aliphatic carboxylic acids is 1. The first-order chi connectivity index (χ1) is 12.6. The second-order valence-electron chi connectivity index (χ2n) is 5.55. The summed E-state index contributed by atoms with van der Waals surface area (Å²) in [6.45, 7) is 0. The molecular formula is C15H25NO9P2. The highest BCUT2D eigenvalue weighted by Crippen LogP contribution is 2.52. The van der Waals surface area contributed by atoms with E-state index >= 15 is 0 Å². The fourth-order valence-corrected chi connectivity index (χ4v) is 4.70. The van der Waals surface area contributed by atoms with Crippen LogP contribution < -0.4 is 0 Å². The highest BCUT2D eigenvalue weighted by atomic mass is 31.2. The maximum atomic E-state index is 12.6. The number of carboxylic acid groups (broad SMARTS) is 1. The van der Waals surface area contributed by atoms with Crippen LogP contribution in [0.25, 0.3) is 0 Å². The van der Waals surface area contributed by atoms with E-state index in [-0.39, 0.29) is 12.2 Å². The normalized spacial score (nSPS) is 13.7. The van der Waals surface area contributed by atoms with Crippen molar-refractivity contribution in [2.45, 2.75) is 12.5 Å². The molecule has 0 fully saturated rings. The minimum atomic E-state index is -3.66. The Labute approximate surface area is 158 Å². The fourth-order valence-electron chi connectivity index (χ4n) is 2.29. The number of nitrogens with zero attached hydrogens (tertiary/aromatic N) is 1. The molecule has 1 rings (SSSR count). The quantitative estimate of drug-likeness (QED) is 0.482. The van der Waals surface area contributed by atoms with E-state index in [9.17, 15) is 24.1 Å². The molecule has 0 heterocycles. The minimum Gasteiger partial charge on any atom is -0.508 e. The number of hydrogen-bond acceptors (Lipinski definition) is 9. The third kappa shape index (κ3) is 7.01. The second-order valence-corrected chi connectivity index (χ2v) is 10.0. The lowest BCUT2D eigenvalue weighted by molar-refractivity contribution is -0.142. The highest BCUT2D eigenvalue weighted by molar-refractivity contribution is 7.54. The zero-order valence-electron chi connectivity index (χ0n) is 15.6. The van der Waals surface area contributed by atoms with Gasteiger partial charge in [0.2, 0.25) is 0 Å². The minimum absolute atomic E-state index is 0.0174. The van der Waals surface area contributed by atoms with E-state index in [1.807, 2.05) is 0 Å². The standard InChI is InChI=1S/C15H25NO9P2/c1-22-26(20,23-2)10-16(11-27(21,24-3)25-4)14(15(18)19)9-12-5-7-13(17)8-6-12/h5-8,14,17H,9-11H2,1-4H3,(H,18,19)/t14-/m0/s1. The molecule has 1 aromatic rings. The Kier molecular flexibility index (Phi) is 9.11. The Balaban J connectivity index is 3.24. The molecule has 0 aromatic heterocycles. The van der Waals surface area contributed by atoms with E-state index in [0.717, 1.165) is 0 Å². The molecule has 0 spiro atoms. The molecule has 154 valence electrons. The topological polar surface area (TPSA) is 132 Å². The third-order valence-electron chi connectivity index (χ3n) is 3.91. The van der Waals surface area contributed by atoms with Gasteiger partial charge in [0.1, 0.15) is 24.4 Å². The number of rotatable bonds is 12. The summed E-state index contributed by atoms with van der Waals surface area (Å²) in [4.78, 5) is 13.1. The summed E-state index contributed by atoms with van der Waals surface area (Å²) >= 11 is 0. The van der Waals surface area contributed by atoms with Crippen LogP contribution in [0.1, 0.15) is 5.56 Å². The molecule has 27 heavy (non-hydrogen) atoms. The lowest BCUT2D eigenvalue weighted by Crippen LogP contribution is -2.44. The lowest BCUT2D eigenvalue weighted by Gasteiger charge is -2.32. The van der Waals surface area contributed by atoms with Crippen molar-refractivity contribution in [3.63, 3.8) is 0 Å². The fraction of sp³-hybridized carbons (Fsp3) is 0.533. The predicted molar refractivity (Wildman–Crippen MR) is 98.1 cm³/mol. The summed E-state index contributed by atoms with van der Waals surface area (Å²) in [6, 6.07) is 4.72. The molecule has 0 aliphatic rings. The van der Waals surface area contributed by atoms with E-state index in [0.29, 0.717) is 5.56 Å². The molecule has 0 aliphatic carbocycles. The number of aromatic hydroxyl groups is 1. The molecule has 0 bridgehead atoms. The van der Waals surface area contributed by atoms with Crippen LogP contribution in [0.5, 0.6) is 5.75 Å². The van der Waals surface area contributed by atoms with Gasteiger partial charge in [-0.2, -0.15) is 0 Å². The Hall–Kier alpha value is -1.25.